The molecule has 0 aliphatic heterocycles. The number of fused-ring (bicyclic) bond motifs is 1. The first-order valence-electron chi connectivity index (χ1n) is 6.01. The quantitative estimate of drug-likeness (QED) is 0.814. The minimum Gasteiger partial charge on any atom is -0.390 e. The number of rotatable bonds is 6. The lowest BCUT2D eigenvalue weighted by Gasteiger charge is -2.12. The second-order valence-electron chi connectivity index (χ2n) is 4.38. The third-order valence-electron chi connectivity index (χ3n) is 2.43. The maximum Gasteiger partial charge on any atom is 0.172 e. The van der Waals surface area contributed by atoms with Crippen molar-refractivity contribution in [1.29, 1.82) is 0 Å². The van der Waals surface area contributed by atoms with Gasteiger partial charge in [-0.3, -0.25) is 4.40 Å². The topological polar surface area (TPSA) is 46.8 Å². The summed E-state index contributed by atoms with van der Waals surface area (Å²) in [4.78, 5) is 4.34. The molecule has 1 unspecified atom stereocenters. The molecular formula is C13H18N2O2S. The summed E-state index contributed by atoms with van der Waals surface area (Å²) in [6, 6.07) is 5.96. The van der Waals surface area contributed by atoms with Crippen LogP contribution in [-0.2, 0) is 4.74 Å². The third-order valence-corrected chi connectivity index (χ3v) is 3.54. The van der Waals surface area contributed by atoms with Gasteiger partial charge in [-0.05, 0) is 26.0 Å². The Morgan fingerprint density at radius 2 is 2.28 bits per heavy atom. The van der Waals surface area contributed by atoms with E-state index in [0.29, 0.717) is 12.4 Å². The molecule has 0 spiro atoms. The fourth-order valence-corrected chi connectivity index (χ4v) is 2.42. The number of imidazole rings is 1. The summed E-state index contributed by atoms with van der Waals surface area (Å²) >= 11 is 1.54. The molecule has 2 rings (SSSR count). The molecule has 0 aromatic carbocycles. The first-order valence-corrected chi connectivity index (χ1v) is 7.00. The SMILES string of the molecule is CC(C)OCC(O)CSc1ncc2ccccn12. The normalized spacial score (nSPS) is 13.3. The van der Waals surface area contributed by atoms with Crippen LogP contribution in [-0.4, -0.2) is 39.1 Å². The molecule has 0 saturated carbocycles. The molecule has 5 heteroatoms. The molecule has 0 aliphatic carbocycles. The minimum absolute atomic E-state index is 0.150. The number of pyridine rings is 1. The van der Waals surface area contributed by atoms with E-state index in [-0.39, 0.29) is 6.10 Å². The van der Waals surface area contributed by atoms with E-state index < -0.39 is 6.10 Å². The van der Waals surface area contributed by atoms with Crippen LogP contribution < -0.4 is 0 Å². The second-order valence-corrected chi connectivity index (χ2v) is 5.37. The molecule has 1 atom stereocenters. The first kappa shape index (κ1) is 13.4. The number of nitrogens with zero attached hydrogens (tertiary/aromatic N) is 2. The van der Waals surface area contributed by atoms with Crippen molar-refractivity contribution in [2.24, 2.45) is 0 Å². The van der Waals surface area contributed by atoms with E-state index >= 15 is 0 Å². The summed E-state index contributed by atoms with van der Waals surface area (Å²) in [6.45, 7) is 4.29. The highest BCUT2D eigenvalue weighted by atomic mass is 32.2. The monoisotopic (exact) mass is 266 g/mol. The van der Waals surface area contributed by atoms with Gasteiger partial charge in [0.05, 0.1) is 30.5 Å². The van der Waals surface area contributed by atoms with Gasteiger partial charge in [-0.25, -0.2) is 4.98 Å². The van der Waals surface area contributed by atoms with Crippen molar-refractivity contribution in [2.45, 2.75) is 31.2 Å². The second kappa shape index (κ2) is 6.22. The molecular weight excluding hydrogens is 248 g/mol. The van der Waals surface area contributed by atoms with Crippen LogP contribution >= 0.6 is 11.8 Å². The zero-order valence-corrected chi connectivity index (χ0v) is 11.4. The molecule has 0 fully saturated rings. The molecule has 0 bridgehead atoms. The smallest absolute Gasteiger partial charge is 0.172 e. The van der Waals surface area contributed by atoms with E-state index in [1.54, 1.807) is 0 Å². The van der Waals surface area contributed by atoms with E-state index in [9.17, 15) is 5.11 Å². The summed E-state index contributed by atoms with van der Waals surface area (Å²) in [6.07, 6.45) is 3.49. The fraction of sp³-hybridized carbons (Fsp3) is 0.462. The van der Waals surface area contributed by atoms with Crippen LogP contribution in [0.25, 0.3) is 5.52 Å². The molecule has 2 aromatic rings. The lowest BCUT2D eigenvalue weighted by molar-refractivity contribution is 0.0152. The van der Waals surface area contributed by atoms with E-state index in [2.05, 4.69) is 4.98 Å². The van der Waals surface area contributed by atoms with Gasteiger partial charge in [0, 0.05) is 11.9 Å². The Morgan fingerprint density at radius 1 is 1.44 bits per heavy atom. The van der Waals surface area contributed by atoms with Crippen molar-refractivity contribution < 1.29 is 9.84 Å². The zero-order valence-electron chi connectivity index (χ0n) is 10.6. The van der Waals surface area contributed by atoms with E-state index in [4.69, 9.17) is 4.74 Å². The van der Waals surface area contributed by atoms with Gasteiger partial charge in [0.1, 0.15) is 0 Å². The van der Waals surface area contributed by atoms with Crippen LogP contribution in [0.3, 0.4) is 0 Å². The van der Waals surface area contributed by atoms with Crippen LogP contribution in [0.15, 0.2) is 35.7 Å². The Kier molecular flexibility index (Phi) is 4.63. The molecule has 1 N–H and O–H groups in total. The number of ether oxygens (including phenoxy) is 1. The van der Waals surface area contributed by atoms with E-state index in [1.807, 2.05) is 48.8 Å². The van der Waals surface area contributed by atoms with Gasteiger partial charge >= 0.3 is 0 Å². The summed E-state index contributed by atoms with van der Waals surface area (Å²) in [5.41, 5.74) is 1.06. The number of thioether (sulfide) groups is 1. The van der Waals surface area contributed by atoms with Gasteiger partial charge in [0.2, 0.25) is 0 Å². The van der Waals surface area contributed by atoms with Crippen molar-refractivity contribution in [3.05, 3.63) is 30.6 Å². The molecule has 2 heterocycles. The molecule has 18 heavy (non-hydrogen) atoms. The highest BCUT2D eigenvalue weighted by Gasteiger charge is 2.09. The predicted molar refractivity (Wildman–Crippen MR) is 73.0 cm³/mol. The number of aliphatic hydroxyl groups is 1. The van der Waals surface area contributed by atoms with Crippen LogP contribution in [0.5, 0.6) is 0 Å². The number of aromatic nitrogens is 2. The molecule has 98 valence electrons. The number of aliphatic hydroxyl groups excluding tert-OH is 1. The van der Waals surface area contributed by atoms with Crippen LogP contribution in [0.4, 0.5) is 0 Å². The Balaban J connectivity index is 1.90. The van der Waals surface area contributed by atoms with Gasteiger partial charge in [-0.15, -0.1) is 0 Å². The van der Waals surface area contributed by atoms with E-state index in [1.165, 1.54) is 11.8 Å². The first-order chi connectivity index (χ1) is 8.66. The Morgan fingerprint density at radius 3 is 3.06 bits per heavy atom. The average Bonchev–Trinajstić information content (AvgIpc) is 2.77. The fourth-order valence-electron chi connectivity index (χ4n) is 1.55. The van der Waals surface area contributed by atoms with Crippen LogP contribution in [0.2, 0.25) is 0 Å². The van der Waals surface area contributed by atoms with Crippen molar-refractivity contribution in [3.63, 3.8) is 0 Å². The van der Waals surface area contributed by atoms with Gasteiger partial charge in [-0.1, -0.05) is 17.8 Å². The third kappa shape index (κ3) is 3.48. The zero-order chi connectivity index (χ0) is 13.0. The molecule has 2 aromatic heterocycles. The predicted octanol–water partition coefficient (Wildman–Crippen LogP) is 2.21. The largest absolute Gasteiger partial charge is 0.390 e. The molecule has 4 nitrogen and oxygen atoms in total. The lowest BCUT2D eigenvalue weighted by atomic mass is 10.4. The molecule has 0 aliphatic rings. The maximum absolute atomic E-state index is 9.79. The van der Waals surface area contributed by atoms with Crippen LogP contribution in [0, 0.1) is 0 Å². The molecule has 0 radical (unpaired) electrons. The van der Waals surface area contributed by atoms with Gasteiger partial charge in [-0.2, -0.15) is 0 Å². The minimum atomic E-state index is -0.464. The molecule has 0 amide bonds. The van der Waals surface area contributed by atoms with Crippen molar-refractivity contribution in [1.82, 2.24) is 9.38 Å². The average molecular weight is 266 g/mol. The van der Waals surface area contributed by atoms with Crippen LogP contribution in [0.1, 0.15) is 13.8 Å². The van der Waals surface area contributed by atoms with E-state index in [0.717, 1.165) is 10.7 Å². The summed E-state index contributed by atoms with van der Waals surface area (Å²) in [7, 11) is 0. The highest BCUT2D eigenvalue weighted by Crippen LogP contribution is 2.19. The van der Waals surface area contributed by atoms with Crippen molar-refractivity contribution >= 4 is 17.3 Å². The summed E-state index contributed by atoms with van der Waals surface area (Å²) in [5, 5.41) is 10.7. The van der Waals surface area contributed by atoms with Gasteiger partial charge < -0.3 is 9.84 Å². The summed E-state index contributed by atoms with van der Waals surface area (Å²) < 4.78 is 7.39. The number of hydrogen-bond acceptors (Lipinski definition) is 4. The number of hydrogen-bond donors (Lipinski definition) is 1. The Bertz CT molecular complexity index is 498. The van der Waals surface area contributed by atoms with Gasteiger partial charge in [0.15, 0.2) is 5.16 Å². The highest BCUT2D eigenvalue weighted by molar-refractivity contribution is 7.99. The standard InChI is InChI=1S/C13H18N2O2S/c1-10(2)17-8-12(16)9-18-13-14-7-11-5-3-4-6-15(11)13/h3-7,10,12,16H,8-9H2,1-2H3. The lowest BCUT2D eigenvalue weighted by Crippen LogP contribution is -2.20. The van der Waals surface area contributed by atoms with Crippen molar-refractivity contribution in [3.8, 4) is 0 Å². The summed E-state index contributed by atoms with van der Waals surface area (Å²) in [5.74, 6) is 0.584. The Hall–Kier alpha value is -1.04. The Labute approximate surface area is 111 Å². The van der Waals surface area contributed by atoms with Gasteiger partial charge in [0.25, 0.3) is 0 Å². The maximum atomic E-state index is 9.79. The molecule has 0 saturated heterocycles. The van der Waals surface area contributed by atoms with Crippen molar-refractivity contribution in [2.75, 3.05) is 12.4 Å².